The fourth-order valence-electron chi connectivity index (χ4n) is 7.25. The first-order valence-corrected chi connectivity index (χ1v) is 23.2. The number of carbonyl (C=O) groups excluding carboxylic acids is 3. The Morgan fingerprint density at radius 2 is 0.739 bits per heavy atom. The molecule has 2 atom stereocenters. The predicted octanol–water partition coefficient (Wildman–Crippen LogP) is 6.17. The van der Waals surface area contributed by atoms with Gasteiger partial charge in [0.1, 0.15) is 5.75 Å². The Labute approximate surface area is 406 Å². The normalized spacial score (nSPS) is 11.6. The Kier molecular flexibility index (Phi) is 24.5. The minimum Gasteiger partial charge on any atom is -0.494 e. The van der Waals surface area contributed by atoms with Crippen LogP contribution in [0.1, 0.15) is 68.0 Å². The Balaban J connectivity index is 0.000000226. The molecule has 6 aromatic rings. The molecule has 0 aromatic heterocycles. The number of ether oxygens (including phenoxy) is 1. The van der Waals surface area contributed by atoms with Gasteiger partial charge in [0.25, 0.3) is 0 Å². The zero-order valence-corrected chi connectivity index (χ0v) is 39.6. The van der Waals surface area contributed by atoms with Crippen LogP contribution in [0.4, 0.5) is 11.4 Å². The monoisotopic (exact) mass is 941 g/mol. The van der Waals surface area contributed by atoms with E-state index in [-0.39, 0.29) is 43.8 Å². The van der Waals surface area contributed by atoms with E-state index < -0.39 is 12.2 Å². The topological polar surface area (TPSA) is 192 Å². The lowest BCUT2D eigenvalue weighted by atomic mass is 10.0. The minimum atomic E-state index is -0.501. The zero-order chi connectivity index (χ0) is 49.8. The van der Waals surface area contributed by atoms with Crippen molar-refractivity contribution in [2.45, 2.75) is 32.5 Å². The molecular formula is C56H67N3O10. The number of aliphatic hydroxyl groups excluding tert-OH is 6. The molecule has 6 rings (SSSR count). The SMILES string of the molecule is CC(O)CN(CC(C)O)c1ccc(C(=O)c2ccccc2)cc1.O=C(c1ccccc1)c1ccc(N(CCO)CCO)cc1.O=C(c1ccccc1)c1ccc(OCCCN(CCO)CCO)cc1. The van der Waals surface area contributed by atoms with Crippen LogP contribution < -0.4 is 14.5 Å². The molecule has 0 bridgehead atoms. The van der Waals surface area contributed by atoms with Crippen molar-refractivity contribution < 1.29 is 49.8 Å². The number of aliphatic hydroxyl groups is 6. The lowest BCUT2D eigenvalue weighted by molar-refractivity contribution is 0.103. The predicted molar refractivity (Wildman–Crippen MR) is 272 cm³/mol. The van der Waals surface area contributed by atoms with Crippen molar-refractivity contribution in [2.24, 2.45) is 0 Å². The molecule has 0 radical (unpaired) electrons. The summed E-state index contributed by atoms with van der Waals surface area (Å²) in [5.74, 6) is 0.684. The molecule has 6 N–H and O–H groups in total. The summed E-state index contributed by atoms with van der Waals surface area (Å²) in [6, 6.07) is 49.1. The Hall–Kier alpha value is -6.55. The van der Waals surface area contributed by atoms with Gasteiger partial charge < -0.3 is 45.2 Å². The number of hydrogen-bond acceptors (Lipinski definition) is 13. The first kappa shape index (κ1) is 55.0. The maximum Gasteiger partial charge on any atom is 0.193 e. The molecule has 6 aromatic carbocycles. The van der Waals surface area contributed by atoms with Gasteiger partial charge >= 0.3 is 0 Å². The number of nitrogens with zero attached hydrogens (tertiary/aromatic N) is 3. The fourth-order valence-corrected chi connectivity index (χ4v) is 7.25. The van der Waals surface area contributed by atoms with Crippen LogP contribution in [0.15, 0.2) is 164 Å². The lowest BCUT2D eigenvalue weighted by Gasteiger charge is -2.27. The molecule has 366 valence electrons. The third-order valence-corrected chi connectivity index (χ3v) is 10.6. The fraction of sp³-hybridized carbons (Fsp3) is 0.304. The highest BCUT2D eigenvalue weighted by Gasteiger charge is 2.15. The smallest absolute Gasteiger partial charge is 0.193 e. The Bertz CT molecular complexity index is 2330. The summed E-state index contributed by atoms with van der Waals surface area (Å²) in [4.78, 5) is 42.8. The Morgan fingerprint density at radius 3 is 1.07 bits per heavy atom. The number of carbonyl (C=O) groups is 3. The number of rotatable bonds is 25. The molecule has 0 heterocycles. The van der Waals surface area contributed by atoms with Gasteiger partial charge in [-0.3, -0.25) is 19.3 Å². The first-order valence-electron chi connectivity index (χ1n) is 23.2. The van der Waals surface area contributed by atoms with Crippen LogP contribution in [-0.4, -0.2) is 144 Å². The highest BCUT2D eigenvalue weighted by atomic mass is 16.5. The molecule has 0 aliphatic heterocycles. The van der Waals surface area contributed by atoms with Crippen molar-refractivity contribution >= 4 is 28.7 Å². The van der Waals surface area contributed by atoms with Crippen molar-refractivity contribution in [1.29, 1.82) is 0 Å². The van der Waals surface area contributed by atoms with Gasteiger partial charge in [0, 0.05) is 90.6 Å². The largest absolute Gasteiger partial charge is 0.494 e. The van der Waals surface area contributed by atoms with Gasteiger partial charge in [-0.2, -0.15) is 0 Å². The standard InChI is InChI=1S/C20H25NO4.C19H23NO3.C17H19NO3/c22-14-12-21(13-15-23)11-4-16-25-19-9-7-18(8-10-19)20(24)17-5-2-1-3-6-17;1-14(21)12-20(13-15(2)22)18-10-8-17(9-11-18)19(23)16-6-4-3-5-7-16;19-12-10-18(11-13-20)16-8-6-15(7-9-16)17(21)14-4-2-1-3-5-14/h1-3,5-10,22-23H,4,11-16H2;3-11,14-15,21-22H,12-13H2,1-2H3;1-9,19-20H,10-13H2. The summed E-state index contributed by atoms with van der Waals surface area (Å²) >= 11 is 0. The molecule has 13 nitrogen and oxygen atoms in total. The maximum absolute atomic E-state index is 12.4. The van der Waals surface area contributed by atoms with E-state index in [2.05, 4.69) is 0 Å². The van der Waals surface area contributed by atoms with E-state index >= 15 is 0 Å². The highest BCUT2D eigenvalue weighted by molar-refractivity contribution is 6.10. The van der Waals surface area contributed by atoms with E-state index in [4.69, 9.17) is 25.2 Å². The van der Waals surface area contributed by atoms with Crippen LogP contribution >= 0.6 is 0 Å². The minimum absolute atomic E-state index is 0.00389. The molecule has 0 saturated heterocycles. The number of ketones is 3. The quantitative estimate of drug-likeness (QED) is 0.0283. The average molecular weight is 942 g/mol. The van der Waals surface area contributed by atoms with Crippen LogP contribution in [0.2, 0.25) is 0 Å². The van der Waals surface area contributed by atoms with Gasteiger partial charge in [0.15, 0.2) is 17.3 Å². The van der Waals surface area contributed by atoms with Gasteiger partial charge in [-0.25, -0.2) is 0 Å². The average Bonchev–Trinajstić information content (AvgIpc) is 3.38. The highest BCUT2D eigenvalue weighted by Crippen LogP contribution is 2.20. The molecule has 0 fully saturated rings. The lowest BCUT2D eigenvalue weighted by Crippen LogP contribution is -2.36. The molecule has 0 aliphatic carbocycles. The van der Waals surface area contributed by atoms with E-state index in [0.29, 0.717) is 79.3 Å². The van der Waals surface area contributed by atoms with E-state index in [1.165, 1.54) is 0 Å². The van der Waals surface area contributed by atoms with Crippen molar-refractivity contribution in [1.82, 2.24) is 4.90 Å². The van der Waals surface area contributed by atoms with Crippen molar-refractivity contribution in [3.05, 3.63) is 197 Å². The molecule has 13 heteroatoms. The van der Waals surface area contributed by atoms with E-state index in [0.717, 1.165) is 30.1 Å². The second-order valence-electron chi connectivity index (χ2n) is 16.2. The van der Waals surface area contributed by atoms with Crippen LogP contribution in [0.3, 0.4) is 0 Å². The van der Waals surface area contributed by atoms with E-state index in [1.807, 2.05) is 93.6 Å². The summed E-state index contributed by atoms with van der Waals surface area (Å²) < 4.78 is 5.69. The summed E-state index contributed by atoms with van der Waals surface area (Å²) in [5, 5.41) is 55.2. The second-order valence-corrected chi connectivity index (χ2v) is 16.2. The van der Waals surface area contributed by atoms with Gasteiger partial charge in [0.05, 0.1) is 45.2 Å². The molecular weight excluding hydrogens is 875 g/mol. The third-order valence-electron chi connectivity index (χ3n) is 10.6. The van der Waals surface area contributed by atoms with Crippen LogP contribution in [0.25, 0.3) is 0 Å². The van der Waals surface area contributed by atoms with Crippen molar-refractivity contribution in [3.8, 4) is 5.75 Å². The molecule has 0 saturated carbocycles. The third kappa shape index (κ3) is 19.2. The summed E-state index contributed by atoms with van der Waals surface area (Å²) in [7, 11) is 0. The number of benzene rings is 6. The summed E-state index contributed by atoms with van der Waals surface area (Å²) in [5.41, 5.74) is 5.61. The summed E-state index contributed by atoms with van der Waals surface area (Å²) in [6.07, 6.45) is -0.205. The zero-order valence-electron chi connectivity index (χ0n) is 39.6. The first-order chi connectivity index (χ1) is 33.5. The van der Waals surface area contributed by atoms with Gasteiger partial charge in [-0.15, -0.1) is 0 Å². The molecule has 0 aliphatic rings. The molecule has 69 heavy (non-hydrogen) atoms. The number of anilines is 2. The Morgan fingerprint density at radius 1 is 0.420 bits per heavy atom. The number of hydrogen-bond donors (Lipinski definition) is 6. The van der Waals surface area contributed by atoms with Gasteiger partial charge in [-0.1, -0.05) is 91.0 Å². The summed E-state index contributed by atoms with van der Waals surface area (Å²) in [6.45, 7) is 7.78. The molecule has 0 spiro atoms. The van der Waals surface area contributed by atoms with Gasteiger partial charge in [0.2, 0.25) is 0 Å². The van der Waals surface area contributed by atoms with Gasteiger partial charge in [-0.05, 0) is 93.1 Å². The van der Waals surface area contributed by atoms with E-state index in [9.17, 15) is 24.6 Å². The maximum atomic E-state index is 12.4. The van der Waals surface area contributed by atoms with Crippen molar-refractivity contribution in [3.63, 3.8) is 0 Å². The second kappa shape index (κ2) is 30.8. The van der Waals surface area contributed by atoms with Crippen molar-refractivity contribution in [2.75, 3.05) is 88.6 Å². The van der Waals surface area contributed by atoms with Crippen LogP contribution in [0, 0.1) is 0 Å². The van der Waals surface area contributed by atoms with E-state index in [1.54, 1.807) is 98.8 Å². The van der Waals surface area contributed by atoms with Crippen LogP contribution in [0.5, 0.6) is 5.75 Å². The molecule has 2 unspecified atom stereocenters. The molecule has 0 amide bonds. The van der Waals surface area contributed by atoms with Crippen LogP contribution in [-0.2, 0) is 0 Å².